The normalized spacial score (nSPS) is 35.7. The highest BCUT2D eigenvalue weighted by atomic mass is 32.2. The molecular formula is C8H17NO5S. The average molecular weight is 239 g/mol. The van der Waals surface area contributed by atoms with Crippen LogP contribution >= 0.6 is 0 Å². The SMILES string of the molecule is CO[C@H]1CN(S(C)(=O)=O)C[C@@]1(O)[C@H](C)O. The zero-order valence-corrected chi connectivity index (χ0v) is 9.86. The maximum atomic E-state index is 11.3. The minimum absolute atomic E-state index is 0.0662. The summed E-state index contributed by atoms with van der Waals surface area (Å²) in [6.07, 6.45) is -0.686. The van der Waals surface area contributed by atoms with Gasteiger partial charge in [-0.3, -0.25) is 0 Å². The molecule has 0 aromatic carbocycles. The lowest BCUT2D eigenvalue weighted by Gasteiger charge is -2.30. The molecule has 2 N–H and O–H groups in total. The van der Waals surface area contributed by atoms with Gasteiger partial charge in [0.05, 0.1) is 12.4 Å². The molecule has 1 rings (SSSR count). The maximum absolute atomic E-state index is 11.3. The van der Waals surface area contributed by atoms with Gasteiger partial charge in [0.25, 0.3) is 0 Å². The molecule has 0 aliphatic carbocycles. The lowest BCUT2D eigenvalue weighted by atomic mass is 9.94. The van der Waals surface area contributed by atoms with Crippen LogP contribution in [0.15, 0.2) is 0 Å². The molecule has 0 aromatic rings. The van der Waals surface area contributed by atoms with Crippen LogP contribution in [0.2, 0.25) is 0 Å². The van der Waals surface area contributed by atoms with Crippen LogP contribution in [-0.2, 0) is 14.8 Å². The number of hydrogen-bond donors (Lipinski definition) is 2. The van der Waals surface area contributed by atoms with E-state index in [1.165, 1.54) is 14.0 Å². The van der Waals surface area contributed by atoms with Crippen molar-refractivity contribution < 1.29 is 23.4 Å². The van der Waals surface area contributed by atoms with E-state index in [4.69, 9.17) is 4.74 Å². The van der Waals surface area contributed by atoms with E-state index < -0.39 is 27.8 Å². The van der Waals surface area contributed by atoms with Gasteiger partial charge in [-0.05, 0) is 6.92 Å². The molecule has 0 radical (unpaired) electrons. The van der Waals surface area contributed by atoms with Crippen LogP contribution in [0, 0.1) is 0 Å². The van der Waals surface area contributed by atoms with Crippen molar-refractivity contribution in [1.29, 1.82) is 0 Å². The molecule has 0 saturated carbocycles. The molecule has 3 atom stereocenters. The fourth-order valence-electron chi connectivity index (χ4n) is 1.72. The molecule has 6 nitrogen and oxygen atoms in total. The Morgan fingerprint density at radius 1 is 1.60 bits per heavy atom. The summed E-state index contributed by atoms with van der Waals surface area (Å²) >= 11 is 0. The fraction of sp³-hybridized carbons (Fsp3) is 1.00. The Morgan fingerprint density at radius 2 is 2.13 bits per heavy atom. The van der Waals surface area contributed by atoms with Crippen molar-refractivity contribution in [3.8, 4) is 0 Å². The molecule has 1 heterocycles. The Morgan fingerprint density at radius 3 is 2.40 bits per heavy atom. The zero-order chi connectivity index (χ0) is 11.9. The van der Waals surface area contributed by atoms with Crippen molar-refractivity contribution in [3.05, 3.63) is 0 Å². The van der Waals surface area contributed by atoms with E-state index in [9.17, 15) is 18.6 Å². The predicted octanol–water partition coefficient (Wildman–Crippen LogP) is -1.61. The standard InChI is InChI=1S/C8H17NO5S/c1-6(10)8(11)5-9(15(3,12)13)4-7(8)14-2/h6-7,10-11H,4-5H2,1-3H3/t6-,7-,8+/m0/s1. The van der Waals surface area contributed by atoms with Gasteiger partial charge >= 0.3 is 0 Å². The second kappa shape index (κ2) is 3.99. The number of ether oxygens (including phenoxy) is 1. The summed E-state index contributed by atoms with van der Waals surface area (Å²) in [4.78, 5) is 0. The molecule has 0 unspecified atom stereocenters. The van der Waals surface area contributed by atoms with Crippen molar-refractivity contribution in [1.82, 2.24) is 4.31 Å². The van der Waals surface area contributed by atoms with Crippen LogP contribution in [0.5, 0.6) is 0 Å². The highest BCUT2D eigenvalue weighted by molar-refractivity contribution is 7.88. The Bertz CT molecular complexity index is 328. The van der Waals surface area contributed by atoms with Crippen LogP contribution in [0.3, 0.4) is 0 Å². The average Bonchev–Trinajstić information content (AvgIpc) is 2.43. The van der Waals surface area contributed by atoms with Gasteiger partial charge in [-0.2, -0.15) is 4.31 Å². The number of β-amino-alcohol motifs (C(OH)–C–C–N with tert-alkyl or cyclic N) is 1. The minimum atomic E-state index is -3.37. The first kappa shape index (κ1) is 12.9. The van der Waals surface area contributed by atoms with E-state index in [1.807, 2.05) is 0 Å². The highest BCUT2D eigenvalue weighted by Crippen LogP contribution is 2.28. The summed E-state index contributed by atoms with van der Waals surface area (Å²) in [5.41, 5.74) is -1.53. The topological polar surface area (TPSA) is 87.1 Å². The molecule has 1 fully saturated rings. The number of hydrogen-bond acceptors (Lipinski definition) is 5. The summed E-state index contributed by atoms with van der Waals surface area (Å²) in [6, 6.07) is 0. The molecule has 1 saturated heterocycles. The lowest BCUT2D eigenvalue weighted by Crippen LogP contribution is -2.51. The van der Waals surface area contributed by atoms with Gasteiger partial charge in [-0.15, -0.1) is 0 Å². The quantitative estimate of drug-likeness (QED) is 0.618. The molecule has 1 aliphatic rings. The van der Waals surface area contributed by atoms with Crippen molar-refractivity contribution in [3.63, 3.8) is 0 Å². The highest BCUT2D eigenvalue weighted by Gasteiger charge is 2.51. The van der Waals surface area contributed by atoms with E-state index in [2.05, 4.69) is 0 Å². The molecule has 90 valence electrons. The van der Waals surface area contributed by atoms with Gasteiger partial charge in [0.1, 0.15) is 11.7 Å². The van der Waals surface area contributed by atoms with E-state index in [0.717, 1.165) is 10.6 Å². The first-order valence-corrected chi connectivity index (χ1v) is 6.45. The van der Waals surface area contributed by atoms with Gasteiger partial charge in [-0.1, -0.05) is 0 Å². The second-order valence-electron chi connectivity index (χ2n) is 3.95. The predicted molar refractivity (Wildman–Crippen MR) is 53.8 cm³/mol. The molecular weight excluding hydrogens is 222 g/mol. The Labute approximate surface area is 89.5 Å². The third kappa shape index (κ3) is 2.31. The number of aliphatic hydroxyl groups excluding tert-OH is 1. The van der Waals surface area contributed by atoms with Crippen LogP contribution in [-0.4, -0.2) is 67.2 Å². The summed E-state index contributed by atoms with van der Waals surface area (Å²) < 4.78 is 28.7. The number of methoxy groups -OCH3 is 1. The van der Waals surface area contributed by atoms with Gasteiger partial charge in [0, 0.05) is 20.2 Å². The summed E-state index contributed by atoms with van der Waals surface area (Å²) in [7, 11) is -1.99. The second-order valence-corrected chi connectivity index (χ2v) is 5.93. The van der Waals surface area contributed by atoms with Crippen molar-refractivity contribution in [2.24, 2.45) is 0 Å². The number of sulfonamides is 1. The Balaban J connectivity index is 2.94. The molecule has 0 bridgehead atoms. The Kier molecular flexibility index (Phi) is 3.42. The molecule has 1 aliphatic heterocycles. The zero-order valence-electron chi connectivity index (χ0n) is 9.04. The first-order valence-electron chi connectivity index (χ1n) is 4.60. The largest absolute Gasteiger partial charge is 0.390 e. The number of aliphatic hydroxyl groups is 2. The molecule has 7 heteroatoms. The maximum Gasteiger partial charge on any atom is 0.211 e. The van der Waals surface area contributed by atoms with E-state index in [0.29, 0.717) is 0 Å². The first-order chi connectivity index (χ1) is 6.71. The summed E-state index contributed by atoms with van der Waals surface area (Å²) in [5.74, 6) is 0. The van der Waals surface area contributed by atoms with Gasteiger partial charge in [0.2, 0.25) is 10.0 Å². The number of nitrogens with zero attached hydrogens (tertiary/aromatic N) is 1. The van der Waals surface area contributed by atoms with Gasteiger partial charge < -0.3 is 14.9 Å². The van der Waals surface area contributed by atoms with Crippen LogP contribution < -0.4 is 0 Å². The smallest absolute Gasteiger partial charge is 0.211 e. The van der Waals surface area contributed by atoms with Crippen LogP contribution in [0.25, 0.3) is 0 Å². The lowest BCUT2D eigenvalue weighted by molar-refractivity contribution is -0.124. The summed E-state index contributed by atoms with van der Waals surface area (Å²) in [5, 5.41) is 19.5. The fourth-order valence-corrected chi connectivity index (χ4v) is 2.57. The molecule has 0 spiro atoms. The third-order valence-corrected chi connectivity index (χ3v) is 4.05. The van der Waals surface area contributed by atoms with Crippen LogP contribution in [0.1, 0.15) is 6.92 Å². The van der Waals surface area contributed by atoms with Gasteiger partial charge in [0.15, 0.2) is 0 Å². The molecule has 0 amide bonds. The molecule has 0 aromatic heterocycles. The minimum Gasteiger partial charge on any atom is -0.390 e. The van der Waals surface area contributed by atoms with Crippen molar-refractivity contribution >= 4 is 10.0 Å². The van der Waals surface area contributed by atoms with Crippen molar-refractivity contribution in [2.75, 3.05) is 26.5 Å². The third-order valence-electron chi connectivity index (χ3n) is 2.83. The van der Waals surface area contributed by atoms with E-state index in [1.54, 1.807) is 0 Å². The van der Waals surface area contributed by atoms with E-state index >= 15 is 0 Å². The Hall–Kier alpha value is -0.210. The summed E-state index contributed by atoms with van der Waals surface area (Å²) in [6.45, 7) is 1.34. The number of rotatable bonds is 3. The van der Waals surface area contributed by atoms with E-state index in [-0.39, 0.29) is 13.1 Å². The monoisotopic (exact) mass is 239 g/mol. The van der Waals surface area contributed by atoms with Crippen molar-refractivity contribution in [2.45, 2.75) is 24.7 Å². The van der Waals surface area contributed by atoms with Gasteiger partial charge in [-0.25, -0.2) is 8.42 Å². The van der Waals surface area contributed by atoms with Crippen LogP contribution in [0.4, 0.5) is 0 Å². The molecule has 15 heavy (non-hydrogen) atoms.